The molecule has 9 nitrogen and oxygen atoms in total. The minimum absolute atomic E-state index is 0.192. The van der Waals surface area contributed by atoms with Crippen LogP contribution in [0.25, 0.3) is 21.5 Å². The fraction of sp³-hybridized carbons (Fsp3) is 0.0690. The number of fused-ring (bicyclic) bond motifs is 2. The predicted octanol–water partition coefficient (Wildman–Crippen LogP) is 3.71. The number of hydrazone groups is 1. The first kappa shape index (κ1) is 24.4. The van der Waals surface area contributed by atoms with Crippen LogP contribution in [0.15, 0.2) is 101 Å². The first-order valence-corrected chi connectivity index (χ1v) is 11.8. The van der Waals surface area contributed by atoms with Crippen LogP contribution in [-0.4, -0.2) is 35.3 Å². The molecule has 0 radical (unpaired) electrons. The number of ether oxygens (including phenoxy) is 1. The molecule has 0 aliphatic rings. The van der Waals surface area contributed by atoms with Gasteiger partial charge in [0.15, 0.2) is 6.04 Å². The summed E-state index contributed by atoms with van der Waals surface area (Å²) in [7, 11) is 1.62. The fourth-order valence-corrected chi connectivity index (χ4v) is 4.10. The van der Waals surface area contributed by atoms with E-state index in [0.717, 1.165) is 22.1 Å². The number of amides is 2. The largest absolute Gasteiger partial charge is 0.497 e. The SMILES string of the molecule is COc1ccc2cc(C=NNC(=O)[C@H](NC(=O)c3ccccc3)c3n[nH]c(=O)c4ccccc34)ccc2c1. The Kier molecular flexibility index (Phi) is 6.90. The number of methoxy groups -OCH3 is 1. The van der Waals surface area contributed by atoms with E-state index < -0.39 is 23.4 Å². The van der Waals surface area contributed by atoms with Crippen LogP contribution in [0.2, 0.25) is 0 Å². The number of hydrogen-bond donors (Lipinski definition) is 3. The molecule has 5 rings (SSSR count). The monoisotopic (exact) mass is 505 g/mol. The number of H-pyrrole nitrogens is 1. The summed E-state index contributed by atoms with van der Waals surface area (Å²) < 4.78 is 5.26. The molecular formula is C29H23N5O4. The van der Waals surface area contributed by atoms with Crippen molar-refractivity contribution in [2.75, 3.05) is 7.11 Å². The van der Waals surface area contributed by atoms with E-state index in [0.29, 0.717) is 16.3 Å². The molecule has 1 atom stereocenters. The fourth-order valence-electron chi connectivity index (χ4n) is 4.10. The summed E-state index contributed by atoms with van der Waals surface area (Å²) in [5.74, 6) is -0.337. The van der Waals surface area contributed by atoms with Crippen LogP contribution >= 0.6 is 0 Å². The van der Waals surface area contributed by atoms with Gasteiger partial charge in [-0.3, -0.25) is 14.4 Å². The number of carbonyl (C=O) groups excluding carboxylic acids is 2. The topological polar surface area (TPSA) is 126 Å². The number of carbonyl (C=O) groups is 2. The van der Waals surface area contributed by atoms with Crippen LogP contribution in [-0.2, 0) is 4.79 Å². The van der Waals surface area contributed by atoms with E-state index in [1.54, 1.807) is 61.7 Å². The Morgan fingerprint density at radius 2 is 1.63 bits per heavy atom. The number of hydrogen-bond acceptors (Lipinski definition) is 6. The van der Waals surface area contributed by atoms with E-state index in [-0.39, 0.29) is 5.69 Å². The van der Waals surface area contributed by atoms with Crippen molar-refractivity contribution in [3.05, 3.63) is 118 Å². The van der Waals surface area contributed by atoms with Crippen molar-refractivity contribution >= 4 is 39.6 Å². The number of rotatable bonds is 7. The van der Waals surface area contributed by atoms with Gasteiger partial charge >= 0.3 is 0 Å². The minimum atomic E-state index is -1.23. The van der Waals surface area contributed by atoms with E-state index in [4.69, 9.17) is 4.74 Å². The maximum Gasteiger partial charge on any atom is 0.272 e. The number of nitrogens with zero attached hydrogens (tertiary/aromatic N) is 2. The molecule has 4 aromatic carbocycles. The second-order valence-corrected chi connectivity index (χ2v) is 8.46. The van der Waals surface area contributed by atoms with Crippen LogP contribution in [0.4, 0.5) is 0 Å². The van der Waals surface area contributed by atoms with Gasteiger partial charge in [0.05, 0.1) is 18.7 Å². The third kappa shape index (κ3) is 5.12. The summed E-state index contributed by atoms with van der Waals surface area (Å²) in [6.45, 7) is 0. The van der Waals surface area contributed by atoms with Crippen molar-refractivity contribution in [1.82, 2.24) is 20.9 Å². The van der Waals surface area contributed by atoms with Crippen LogP contribution in [0.3, 0.4) is 0 Å². The van der Waals surface area contributed by atoms with Gasteiger partial charge in [0.25, 0.3) is 17.4 Å². The Hall–Kier alpha value is -5.31. The zero-order valence-corrected chi connectivity index (χ0v) is 20.3. The number of nitrogens with one attached hydrogen (secondary N) is 3. The third-order valence-corrected chi connectivity index (χ3v) is 6.03. The Bertz CT molecular complexity index is 1730. The van der Waals surface area contributed by atoms with Crippen molar-refractivity contribution in [1.29, 1.82) is 0 Å². The van der Waals surface area contributed by atoms with Crippen LogP contribution in [0.5, 0.6) is 5.75 Å². The molecule has 1 aromatic heterocycles. The Morgan fingerprint density at radius 1 is 0.921 bits per heavy atom. The molecule has 0 saturated carbocycles. The van der Waals surface area contributed by atoms with Gasteiger partial charge in [-0.25, -0.2) is 10.5 Å². The lowest BCUT2D eigenvalue weighted by Crippen LogP contribution is -2.40. The van der Waals surface area contributed by atoms with Gasteiger partial charge < -0.3 is 10.1 Å². The summed E-state index contributed by atoms with van der Waals surface area (Å²) in [4.78, 5) is 38.6. The molecule has 0 spiro atoms. The number of aromatic nitrogens is 2. The maximum absolute atomic E-state index is 13.3. The normalized spacial score (nSPS) is 11.9. The zero-order chi connectivity index (χ0) is 26.5. The van der Waals surface area contributed by atoms with Gasteiger partial charge in [-0.1, -0.05) is 54.6 Å². The average Bonchev–Trinajstić information content (AvgIpc) is 2.96. The highest BCUT2D eigenvalue weighted by atomic mass is 16.5. The van der Waals surface area contributed by atoms with Gasteiger partial charge in [-0.15, -0.1) is 0 Å². The van der Waals surface area contributed by atoms with Crippen molar-refractivity contribution in [3.8, 4) is 5.75 Å². The maximum atomic E-state index is 13.3. The van der Waals surface area contributed by atoms with E-state index in [9.17, 15) is 14.4 Å². The Labute approximate surface area is 217 Å². The van der Waals surface area contributed by atoms with Crippen molar-refractivity contribution in [3.63, 3.8) is 0 Å². The molecule has 0 bridgehead atoms. The average molecular weight is 506 g/mol. The molecule has 0 saturated heterocycles. The highest BCUT2D eigenvalue weighted by Gasteiger charge is 2.27. The molecule has 0 aliphatic carbocycles. The molecule has 9 heteroatoms. The van der Waals surface area contributed by atoms with Gasteiger partial charge in [-0.2, -0.15) is 10.2 Å². The molecule has 38 heavy (non-hydrogen) atoms. The summed E-state index contributed by atoms with van der Waals surface area (Å²) in [6, 6.07) is 25.5. The van der Waals surface area contributed by atoms with Gasteiger partial charge in [0.1, 0.15) is 11.4 Å². The Morgan fingerprint density at radius 3 is 2.42 bits per heavy atom. The minimum Gasteiger partial charge on any atom is -0.497 e. The summed E-state index contributed by atoms with van der Waals surface area (Å²) in [6.07, 6.45) is 1.51. The quantitative estimate of drug-likeness (QED) is 0.230. The summed E-state index contributed by atoms with van der Waals surface area (Å²) >= 11 is 0. The molecule has 0 aliphatic heterocycles. The first-order chi connectivity index (χ1) is 18.5. The molecule has 0 unspecified atom stereocenters. The van der Waals surface area contributed by atoms with E-state index >= 15 is 0 Å². The highest BCUT2D eigenvalue weighted by molar-refractivity contribution is 5.99. The predicted molar refractivity (Wildman–Crippen MR) is 145 cm³/mol. The molecular weight excluding hydrogens is 482 g/mol. The molecule has 3 N–H and O–H groups in total. The number of aromatic amines is 1. The lowest BCUT2D eigenvalue weighted by molar-refractivity contribution is -0.123. The van der Waals surface area contributed by atoms with E-state index in [2.05, 4.69) is 26.0 Å². The molecule has 5 aromatic rings. The van der Waals surface area contributed by atoms with Gasteiger partial charge in [0, 0.05) is 10.9 Å². The van der Waals surface area contributed by atoms with Crippen LogP contribution in [0.1, 0.15) is 27.7 Å². The summed E-state index contributed by atoms with van der Waals surface area (Å²) in [5, 5.41) is 16.1. The van der Waals surface area contributed by atoms with Gasteiger partial charge in [0.2, 0.25) is 0 Å². The zero-order valence-electron chi connectivity index (χ0n) is 20.3. The van der Waals surface area contributed by atoms with E-state index in [1.165, 1.54) is 6.21 Å². The van der Waals surface area contributed by atoms with Gasteiger partial charge in [-0.05, 0) is 52.7 Å². The lowest BCUT2D eigenvalue weighted by Gasteiger charge is -2.18. The lowest BCUT2D eigenvalue weighted by atomic mass is 10.0. The molecule has 2 amide bonds. The first-order valence-electron chi connectivity index (χ1n) is 11.8. The highest BCUT2D eigenvalue weighted by Crippen LogP contribution is 2.22. The van der Waals surface area contributed by atoms with Crippen LogP contribution < -0.4 is 21.0 Å². The second kappa shape index (κ2) is 10.8. The molecule has 0 fully saturated rings. The smallest absolute Gasteiger partial charge is 0.272 e. The summed E-state index contributed by atoms with van der Waals surface area (Å²) in [5.41, 5.74) is 3.42. The third-order valence-electron chi connectivity index (χ3n) is 6.03. The van der Waals surface area contributed by atoms with Crippen LogP contribution in [0, 0.1) is 0 Å². The number of benzene rings is 4. The van der Waals surface area contributed by atoms with Crippen molar-refractivity contribution < 1.29 is 14.3 Å². The second-order valence-electron chi connectivity index (χ2n) is 8.46. The van der Waals surface area contributed by atoms with Crippen molar-refractivity contribution in [2.24, 2.45) is 5.10 Å². The molecule has 188 valence electrons. The molecule has 1 heterocycles. The standard InChI is InChI=1S/C29H23N5O4/c1-38-22-14-13-20-15-18(11-12-21(20)16-22)17-30-33-29(37)26(31-27(35)19-7-3-2-4-8-19)25-23-9-5-6-10-24(23)28(36)34-32-25/h2-17,26H,1H3,(H,31,35)(H,33,37)(H,34,36)/t26-/m1/s1. The Balaban J connectivity index is 1.43. The van der Waals surface area contributed by atoms with Crippen molar-refractivity contribution in [2.45, 2.75) is 6.04 Å². The van der Waals surface area contributed by atoms with E-state index in [1.807, 2.05) is 36.4 Å².